The van der Waals surface area contributed by atoms with Crippen LogP contribution in [0.1, 0.15) is 11.1 Å². The molecule has 0 aromatic heterocycles. The number of hydrogen-bond donors (Lipinski definition) is 1. The Labute approximate surface area is 181 Å². The lowest BCUT2D eigenvalue weighted by molar-refractivity contribution is -0.129. The van der Waals surface area contributed by atoms with Crippen molar-refractivity contribution in [3.63, 3.8) is 0 Å². The molecule has 0 saturated heterocycles. The number of carbonyl (C=O) groups is 1. The maximum Gasteiger partial charge on any atom is 0.335 e. The van der Waals surface area contributed by atoms with Crippen LogP contribution < -0.4 is 4.74 Å². The molecular formula is C28H22O3. The number of hydrogen-bond acceptors (Lipinski definition) is 3. The quantitative estimate of drug-likeness (QED) is 0.214. The summed E-state index contributed by atoms with van der Waals surface area (Å²) in [5.41, 5.74) is 6.65. The fourth-order valence-corrected chi connectivity index (χ4v) is 3.71. The summed E-state index contributed by atoms with van der Waals surface area (Å²) in [5, 5.41) is 9.56. The van der Waals surface area contributed by atoms with Crippen molar-refractivity contribution in [3.8, 4) is 33.8 Å². The number of benzene rings is 4. The van der Waals surface area contributed by atoms with Crippen molar-refractivity contribution in [2.45, 2.75) is 6.42 Å². The summed E-state index contributed by atoms with van der Waals surface area (Å²) in [4.78, 5) is 11.3. The lowest BCUT2D eigenvalue weighted by Crippen LogP contribution is -2.04. The average Bonchev–Trinajstić information content (AvgIpc) is 3.20. The van der Waals surface area contributed by atoms with E-state index in [1.165, 1.54) is 17.2 Å². The van der Waals surface area contributed by atoms with Crippen LogP contribution in [0, 0.1) is 0 Å². The summed E-state index contributed by atoms with van der Waals surface area (Å²) in [6.45, 7) is 3.42. The lowest BCUT2D eigenvalue weighted by atomic mass is 10.1. The topological polar surface area (TPSA) is 46.5 Å². The largest absolute Gasteiger partial charge is 0.507 e. The van der Waals surface area contributed by atoms with Gasteiger partial charge in [-0.2, -0.15) is 0 Å². The molecule has 31 heavy (non-hydrogen) atoms. The Morgan fingerprint density at radius 1 is 0.774 bits per heavy atom. The van der Waals surface area contributed by atoms with Crippen molar-refractivity contribution in [2.24, 2.45) is 0 Å². The van der Waals surface area contributed by atoms with Gasteiger partial charge in [0.25, 0.3) is 0 Å². The minimum Gasteiger partial charge on any atom is -0.507 e. The summed E-state index contributed by atoms with van der Waals surface area (Å²) in [5.74, 6) is 0.543. The molecule has 0 spiro atoms. The van der Waals surface area contributed by atoms with E-state index in [0.29, 0.717) is 11.5 Å². The molecule has 0 atom stereocenters. The van der Waals surface area contributed by atoms with Gasteiger partial charge in [0, 0.05) is 23.6 Å². The summed E-state index contributed by atoms with van der Waals surface area (Å²) >= 11 is 0. The molecule has 4 aromatic rings. The first-order chi connectivity index (χ1) is 15.2. The fraction of sp³-hybridized carbons (Fsp3) is 0.0357. The molecule has 0 amide bonds. The molecule has 0 radical (unpaired) electrons. The zero-order valence-corrected chi connectivity index (χ0v) is 17.0. The molecule has 0 heterocycles. The first kappa shape index (κ1) is 20.2. The van der Waals surface area contributed by atoms with Gasteiger partial charge < -0.3 is 9.84 Å². The Hall–Kier alpha value is -4.11. The Balaban J connectivity index is 0.000000158. The van der Waals surface area contributed by atoms with E-state index in [0.717, 1.165) is 28.7 Å². The van der Waals surface area contributed by atoms with Gasteiger partial charge in [-0.3, -0.25) is 0 Å². The third-order valence-corrected chi connectivity index (χ3v) is 5.17. The molecule has 0 saturated carbocycles. The number of phenols is 1. The standard InChI is InChI=1S/C16H12O2.C12H10O/c1-2-16(17)18-15-9-5-8-13-12-7-4-3-6-11(12)10-14(13)15;13-12-9-5-4-8-11(12)10-6-2-1-3-7-10/h2-9H,1,10H2;1-9,13H. The molecule has 0 bridgehead atoms. The number of rotatable bonds is 3. The van der Waals surface area contributed by atoms with Crippen LogP contribution in [-0.4, -0.2) is 11.1 Å². The summed E-state index contributed by atoms with van der Waals surface area (Å²) < 4.78 is 5.28. The Morgan fingerprint density at radius 2 is 1.42 bits per heavy atom. The van der Waals surface area contributed by atoms with Crippen molar-refractivity contribution in [1.29, 1.82) is 0 Å². The minimum absolute atomic E-state index is 0.328. The normalized spacial score (nSPS) is 10.8. The van der Waals surface area contributed by atoms with E-state index in [2.05, 4.69) is 24.8 Å². The maximum absolute atomic E-state index is 11.3. The predicted octanol–water partition coefficient (Wildman–Crippen LogP) is 6.41. The fourth-order valence-electron chi connectivity index (χ4n) is 3.71. The third-order valence-electron chi connectivity index (χ3n) is 5.17. The first-order valence-corrected chi connectivity index (χ1v) is 10.0. The molecule has 0 aliphatic heterocycles. The van der Waals surface area contributed by atoms with E-state index < -0.39 is 5.97 Å². The second-order valence-corrected chi connectivity index (χ2v) is 7.12. The number of esters is 1. The minimum atomic E-state index is -0.417. The maximum atomic E-state index is 11.3. The zero-order valence-electron chi connectivity index (χ0n) is 17.0. The molecular weight excluding hydrogens is 384 g/mol. The van der Waals surface area contributed by atoms with E-state index in [1.54, 1.807) is 6.07 Å². The molecule has 3 nitrogen and oxygen atoms in total. The number of para-hydroxylation sites is 1. The molecule has 3 heteroatoms. The number of carbonyl (C=O) groups excluding carboxylic acids is 1. The van der Waals surface area contributed by atoms with E-state index in [1.807, 2.05) is 72.8 Å². The van der Waals surface area contributed by atoms with Gasteiger partial charge in [0.1, 0.15) is 11.5 Å². The van der Waals surface area contributed by atoms with Crippen LogP contribution in [0.15, 0.2) is 110 Å². The van der Waals surface area contributed by atoms with Crippen molar-refractivity contribution >= 4 is 5.97 Å². The molecule has 4 aromatic carbocycles. The van der Waals surface area contributed by atoms with Gasteiger partial charge in [-0.25, -0.2) is 4.79 Å². The van der Waals surface area contributed by atoms with Gasteiger partial charge in [-0.15, -0.1) is 0 Å². The molecule has 1 aliphatic carbocycles. The molecule has 5 rings (SSSR count). The Morgan fingerprint density at radius 3 is 2.16 bits per heavy atom. The van der Waals surface area contributed by atoms with Gasteiger partial charge in [-0.1, -0.05) is 91.5 Å². The predicted molar refractivity (Wildman–Crippen MR) is 124 cm³/mol. The number of phenolic OH excluding ortho intramolecular Hbond substituents is 1. The van der Waals surface area contributed by atoms with Crippen LogP contribution in [0.5, 0.6) is 11.5 Å². The SMILES string of the molecule is C=CC(=O)Oc1cccc2c1Cc1ccccc1-2.Oc1ccccc1-c1ccccc1. The second-order valence-electron chi connectivity index (χ2n) is 7.12. The van der Waals surface area contributed by atoms with Gasteiger partial charge in [-0.05, 0) is 34.4 Å². The van der Waals surface area contributed by atoms with E-state index in [-0.39, 0.29) is 0 Å². The highest BCUT2D eigenvalue weighted by Gasteiger charge is 2.21. The van der Waals surface area contributed by atoms with Gasteiger partial charge in [0.05, 0.1) is 0 Å². The number of aromatic hydroxyl groups is 1. The second kappa shape index (κ2) is 9.14. The average molecular weight is 406 g/mol. The molecule has 1 N–H and O–H groups in total. The van der Waals surface area contributed by atoms with E-state index >= 15 is 0 Å². The highest BCUT2D eigenvalue weighted by atomic mass is 16.5. The lowest BCUT2D eigenvalue weighted by Gasteiger charge is -2.07. The van der Waals surface area contributed by atoms with E-state index in [4.69, 9.17) is 4.74 Å². The van der Waals surface area contributed by atoms with Crippen LogP contribution >= 0.6 is 0 Å². The van der Waals surface area contributed by atoms with Crippen LogP contribution in [-0.2, 0) is 11.2 Å². The van der Waals surface area contributed by atoms with Crippen molar-refractivity contribution in [2.75, 3.05) is 0 Å². The first-order valence-electron chi connectivity index (χ1n) is 10.0. The third kappa shape index (κ3) is 4.41. The highest BCUT2D eigenvalue weighted by molar-refractivity contribution is 5.85. The van der Waals surface area contributed by atoms with Crippen molar-refractivity contribution in [3.05, 3.63) is 121 Å². The smallest absolute Gasteiger partial charge is 0.335 e. The van der Waals surface area contributed by atoms with Crippen LogP contribution in [0.2, 0.25) is 0 Å². The molecule has 0 fully saturated rings. The summed E-state index contributed by atoms with van der Waals surface area (Å²) in [6, 6.07) is 31.2. The van der Waals surface area contributed by atoms with Crippen LogP contribution in [0.4, 0.5) is 0 Å². The van der Waals surface area contributed by atoms with Gasteiger partial charge in [0.15, 0.2) is 0 Å². The number of fused-ring (bicyclic) bond motifs is 3. The molecule has 1 aliphatic rings. The number of ether oxygens (including phenoxy) is 1. The monoisotopic (exact) mass is 406 g/mol. The summed E-state index contributed by atoms with van der Waals surface area (Å²) in [7, 11) is 0. The van der Waals surface area contributed by atoms with Crippen molar-refractivity contribution in [1.82, 2.24) is 0 Å². The molecule has 0 unspecified atom stereocenters. The summed E-state index contributed by atoms with van der Waals surface area (Å²) in [6.07, 6.45) is 1.99. The Kier molecular flexibility index (Phi) is 5.95. The van der Waals surface area contributed by atoms with Crippen LogP contribution in [0.3, 0.4) is 0 Å². The zero-order chi connectivity index (χ0) is 21.6. The van der Waals surface area contributed by atoms with Crippen molar-refractivity contribution < 1.29 is 14.6 Å². The molecule has 152 valence electrons. The Bertz CT molecular complexity index is 1230. The van der Waals surface area contributed by atoms with Gasteiger partial charge >= 0.3 is 5.97 Å². The highest BCUT2D eigenvalue weighted by Crippen LogP contribution is 2.40. The van der Waals surface area contributed by atoms with Gasteiger partial charge in [0.2, 0.25) is 0 Å². The van der Waals surface area contributed by atoms with E-state index in [9.17, 15) is 9.90 Å². The van der Waals surface area contributed by atoms with Crippen LogP contribution in [0.25, 0.3) is 22.3 Å².